The Hall–Kier alpha value is -3.81. The van der Waals surface area contributed by atoms with E-state index >= 15 is 0 Å². The lowest BCUT2D eigenvalue weighted by Gasteiger charge is -1.98. The van der Waals surface area contributed by atoms with E-state index in [1.165, 1.54) is 5.56 Å². The fourth-order valence-corrected chi connectivity index (χ4v) is 3.01. The number of hydrogen-bond donors (Lipinski definition) is 0. The molecule has 0 spiro atoms. The number of imidazole rings is 1. The van der Waals surface area contributed by atoms with Crippen LogP contribution in [0.15, 0.2) is 59.4 Å². The van der Waals surface area contributed by atoms with Crippen molar-refractivity contribution in [3.05, 3.63) is 71.9 Å². The summed E-state index contributed by atoms with van der Waals surface area (Å²) in [4.78, 5) is 13.5. The molecule has 0 fully saturated rings. The van der Waals surface area contributed by atoms with Gasteiger partial charge in [0.05, 0.1) is 12.2 Å². The molecule has 0 bridgehead atoms. The second-order valence-corrected chi connectivity index (χ2v) is 6.63. The number of fused-ring (bicyclic) bond motifs is 1. The van der Waals surface area contributed by atoms with Crippen molar-refractivity contribution in [3.63, 3.8) is 0 Å². The van der Waals surface area contributed by atoms with E-state index in [2.05, 4.69) is 25.2 Å². The summed E-state index contributed by atoms with van der Waals surface area (Å²) in [5, 5.41) is 8.58. The van der Waals surface area contributed by atoms with Gasteiger partial charge in [-0.3, -0.25) is 0 Å². The van der Waals surface area contributed by atoms with Gasteiger partial charge < -0.3 is 8.92 Å². The van der Waals surface area contributed by atoms with Crippen molar-refractivity contribution in [1.29, 1.82) is 0 Å². The van der Waals surface area contributed by atoms with Crippen LogP contribution in [0.1, 0.15) is 17.1 Å². The lowest BCUT2D eigenvalue weighted by Crippen LogP contribution is -2.04. The normalized spacial score (nSPS) is 11.4. The first-order chi connectivity index (χ1) is 13.7. The molecule has 4 heterocycles. The number of benzene rings is 1. The summed E-state index contributed by atoms with van der Waals surface area (Å²) in [5.74, 6) is 1.98. The number of hydrogen-bond acceptors (Lipinski definition) is 6. The van der Waals surface area contributed by atoms with E-state index in [1.54, 1.807) is 4.68 Å². The standard InChI is InChI=1S/C20H17N7O/c1-13-6-8-15(9-7-13)18-23-20(28-25-18)19-21-14(2)27(24-19)12-16-11-26-10-4-3-5-17(26)22-16/h3-11H,12H2,1-2H3. The quantitative estimate of drug-likeness (QED) is 0.482. The molecule has 0 radical (unpaired) electrons. The van der Waals surface area contributed by atoms with Gasteiger partial charge in [0.1, 0.15) is 11.5 Å². The Morgan fingerprint density at radius 3 is 2.61 bits per heavy atom. The molecule has 0 N–H and O–H groups in total. The number of rotatable bonds is 4. The Balaban J connectivity index is 1.42. The Bertz CT molecular complexity index is 1230. The van der Waals surface area contributed by atoms with Gasteiger partial charge in [0.25, 0.3) is 5.89 Å². The smallest absolute Gasteiger partial charge is 0.297 e. The third-order valence-corrected chi connectivity index (χ3v) is 4.51. The van der Waals surface area contributed by atoms with Crippen molar-refractivity contribution in [2.45, 2.75) is 20.4 Å². The van der Waals surface area contributed by atoms with Crippen LogP contribution in [0.5, 0.6) is 0 Å². The molecule has 5 rings (SSSR count). The topological polar surface area (TPSA) is 86.9 Å². The molecule has 0 aliphatic rings. The van der Waals surface area contributed by atoms with Crippen molar-refractivity contribution in [2.75, 3.05) is 0 Å². The minimum absolute atomic E-state index is 0.299. The molecule has 0 amide bonds. The van der Waals surface area contributed by atoms with Crippen molar-refractivity contribution in [1.82, 2.24) is 34.3 Å². The maximum Gasteiger partial charge on any atom is 0.297 e. The summed E-state index contributed by atoms with van der Waals surface area (Å²) in [6, 6.07) is 13.8. The first-order valence-electron chi connectivity index (χ1n) is 8.91. The van der Waals surface area contributed by atoms with Crippen molar-refractivity contribution in [3.8, 4) is 23.1 Å². The number of pyridine rings is 1. The van der Waals surface area contributed by atoms with Crippen LogP contribution < -0.4 is 0 Å². The Kier molecular flexibility index (Phi) is 3.75. The molecule has 5 aromatic rings. The number of aryl methyl sites for hydroxylation is 2. The molecule has 28 heavy (non-hydrogen) atoms. The zero-order valence-corrected chi connectivity index (χ0v) is 15.4. The van der Waals surface area contributed by atoms with E-state index in [0.717, 1.165) is 22.7 Å². The van der Waals surface area contributed by atoms with Crippen LogP contribution in [0.2, 0.25) is 0 Å². The van der Waals surface area contributed by atoms with Crippen LogP contribution in [0.3, 0.4) is 0 Å². The summed E-state index contributed by atoms with van der Waals surface area (Å²) in [6.07, 6.45) is 3.95. The van der Waals surface area contributed by atoms with E-state index in [9.17, 15) is 0 Å². The maximum absolute atomic E-state index is 5.38. The fraction of sp³-hybridized carbons (Fsp3) is 0.150. The van der Waals surface area contributed by atoms with Crippen LogP contribution in [0.4, 0.5) is 0 Å². The molecule has 0 aliphatic carbocycles. The second-order valence-electron chi connectivity index (χ2n) is 6.63. The molecule has 8 heteroatoms. The van der Waals surface area contributed by atoms with Gasteiger partial charge in [-0.1, -0.05) is 41.1 Å². The van der Waals surface area contributed by atoms with E-state index in [-0.39, 0.29) is 0 Å². The minimum Gasteiger partial charge on any atom is -0.330 e. The van der Waals surface area contributed by atoms with E-state index in [4.69, 9.17) is 4.52 Å². The van der Waals surface area contributed by atoms with Gasteiger partial charge in [-0.15, -0.1) is 5.10 Å². The average molecular weight is 371 g/mol. The number of aromatic nitrogens is 7. The van der Waals surface area contributed by atoms with Gasteiger partial charge in [0, 0.05) is 18.0 Å². The third-order valence-electron chi connectivity index (χ3n) is 4.51. The lowest BCUT2D eigenvalue weighted by molar-refractivity contribution is 0.429. The average Bonchev–Trinajstić information content (AvgIpc) is 3.41. The monoisotopic (exact) mass is 371 g/mol. The van der Waals surface area contributed by atoms with Gasteiger partial charge in [-0.2, -0.15) is 4.98 Å². The molecule has 0 aliphatic heterocycles. The van der Waals surface area contributed by atoms with Gasteiger partial charge in [0.2, 0.25) is 11.6 Å². The number of nitrogens with zero attached hydrogens (tertiary/aromatic N) is 7. The van der Waals surface area contributed by atoms with E-state index < -0.39 is 0 Å². The van der Waals surface area contributed by atoms with Crippen LogP contribution in [0, 0.1) is 13.8 Å². The second kappa shape index (κ2) is 6.41. The fourth-order valence-electron chi connectivity index (χ4n) is 3.01. The van der Waals surface area contributed by atoms with Gasteiger partial charge in [-0.25, -0.2) is 14.6 Å². The Labute approximate surface area is 160 Å². The molecule has 0 saturated heterocycles. The van der Waals surface area contributed by atoms with Gasteiger partial charge in [-0.05, 0) is 26.0 Å². The van der Waals surface area contributed by atoms with Crippen LogP contribution in [-0.2, 0) is 6.54 Å². The summed E-state index contributed by atoms with van der Waals surface area (Å²) < 4.78 is 9.15. The van der Waals surface area contributed by atoms with E-state index in [0.29, 0.717) is 24.1 Å². The zero-order chi connectivity index (χ0) is 19.1. The van der Waals surface area contributed by atoms with Crippen molar-refractivity contribution < 1.29 is 4.52 Å². The van der Waals surface area contributed by atoms with Crippen LogP contribution >= 0.6 is 0 Å². The molecule has 0 atom stereocenters. The molecule has 8 nitrogen and oxygen atoms in total. The predicted octanol–water partition coefficient (Wildman–Crippen LogP) is 3.31. The molecular weight excluding hydrogens is 354 g/mol. The van der Waals surface area contributed by atoms with Crippen molar-refractivity contribution in [2.24, 2.45) is 0 Å². The first-order valence-corrected chi connectivity index (χ1v) is 8.91. The zero-order valence-electron chi connectivity index (χ0n) is 15.4. The van der Waals surface area contributed by atoms with Gasteiger partial charge >= 0.3 is 0 Å². The molecule has 1 aromatic carbocycles. The first kappa shape index (κ1) is 16.4. The third kappa shape index (κ3) is 2.94. The van der Waals surface area contributed by atoms with Gasteiger partial charge in [0.15, 0.2) is 0 Å². The highest BCUT2D eigenvalue weighted by Gasteiger charge is 2.17. The predicted molar refractivity (Wildman–Crippen MR) is 103 cm³/mol. The Morgan fingerprint density at radius 2 is 1.79 bits per heavy atom. The van der Waals surface area contributed by atoms with Crippen molar-refractivity contribution >= 4 is 5.65 Å². The minimum atomic E-state index is 0.299. The summed E-state index contributed by atoms with van der Waals surface area (Å²) in [7, 11) is 0. The molecule has 0 saturated carbocycles. The highest BCUT2D eigenvalue weighted by atomic mass is 16.5. The molecule has 0 unspecified atom stereocenters. The SMILES string of the molecule is Cc1ccc(-c2noc(-c3nc(C)n(Cc4cn5ccccc5n4)n3)n2)cc1. The summed E-state index contributed by atoms with van der Waals surface area (Å²) in [6.45, 7) is 4.44. The summed E-state index contributed by atoms with van der Waals surface area (Å²) >= 11 is 0. The molecular formula is C20H17N7O. The maximum atomic E-state index is 5.38. The van der Waals surface area contributed by atoms with E-state index in [1.807, 2.05) is 73.1 Å². The summed E-state index contributed by atoms with van der Waals surface area (Å²) in [5.41, 5.74) is 3.86. The molecule has 138 valence electrons. The van der Waals surface area contributed by atoms with Crippen LogP contribution in [0.25, 0.3) is 28.8 Å². The highest BCUT2D eigenvalue weighted by molar-refractivity contribution is 5.57. The molecule has 4 aromatic heterocycles. The van der Waals surface area contributed by atoms with Crippen LogP contribution in [-0.4, -0.2) is 34.3 Å². The highest BCUT2D eigenvalue weighted by Crippen LogP contribution is 2.21. The lowest BCUT2D eigenvalue weighted by atomic mass is 10.1. The largest absolute Gasteiger partial charge is 0.330 e. The Morgan fingerprint density at radius 1 is 0.929 bits per heavy atom.